The van der Waals surface area contributed by atoms with Gasteiger partial charge in [-0.1, -0.05) is 11.6 Å². The number of rotatable bonds is 2. The Bertz CT molecular complexity index is 463. The molecular weight excluding hydrogens is 258 g/mol. The molecule has 18 heavy (non-hydrogen) atoms. The molecule has 96 valence electrons. The van der Waals surface area contributed by atoms with Crippen LogP contribution in [0.1, 0.15) is 23.3 Å². The molecule has 6 nitrogen and oxygen atoms in total. The van der Waals surface area contributed by atoms with E-state index in [2.05, 4.69) is 10.2 Å². The second kappa shape index (κ2) is 5.30. The highest BCUT2D eigenvalue weighted by Crippen LogP contribution is 2.18. The van der Waals surface area contributed by atoms with Crippen LogP contribution in [0.25, 0.3) is 0 Å². The predicted molar refractivity (Wildman–Crippen MR) is 63.3 cm³/mol. The summed E-state index contributed by atoms with van der Waals surface area (Å²) in [7, 11) is 0. The van der Waals surface area contributed by atoms with Crippen LogP contribution >= 0.6 is 11.6 Å². The lowest BCUT2D eigenvalue weighted by Crippen LogP contribution is -2.42. The molecule has 1 aromatic heterocycles. The summed E-state index contributed by atoms with van der Waals surface area (Å²) in [5.74, 6) is -1.66. The molecule has 0 bridgehead atoms. The lowest BCUT2D eigenvalue weighted by molar-refractivity contribution is -0.143. The number of likely N-dealkylation sites (tertiary alicyclic amines) is 1. The Labute approximate surface area is 109 Å². The van der Waals surface area contributed by atoms with E-state index in [1.807, 2.05) is 0 Å². The number of amides is 1. The zero-order valence-corrected chi connectivity index (χ0v) is 10.3. The summed E-state index contributed by atoms with van der Waals surface area (Å²) in [5.41, 5.74) is 0.186. The van der Waals surface area contributed by atoms with Crippen LogP contribution < -0.4 is 0 Å². The maximum atomic E-state index is 12.1. The van der Waals surface area contributed by atoms with E-state index in [9.17, 15) is 9.59 Å². The molecule has 0 radical (unpaired) electrons. The number of piperidine rings is 1. The van der Waals surface area contributed by atoms with Crippen molar-refractivity contribution >= 4 is 23.5 Å². The van der Waals surface area contributed by atoms with E-state index in [0.29, 0.717) is 19.4 Å². The van der Waals surface area contributed by atoms with E-state index in [1.165, 1.54) is 17.0 Å². The molecule has 2 heterocycles. The van der Waals surface area contributed by atoms with Gasteiger partial charge in [0.15, 0.2) is 10.8 Å². The van der Waals surface area contributed by atoms with Crippen molar-refractivity contribution in [2.75, 3.05) is 13.1 Å². The molecule has 0 saturated carbocycles. The summed E-state index contributed by atoms with van der Waals surface area (Å²) >= 11 is 5.59. The fourth-order valence-electron chi connectivity index (χ4n) is 1.96. The van der Waals surface area contributed by atoms with Crippen LogP contribution in [0.15, 0.2) is 12.1 Å². The highest BCUT2D eigenvalue weighted by molar-refractivity contribution is 6.29. The summed E-state index contributed by atoms with van der Waals surface area (Å²) in [5, 5.41) is 16.5. The van der Waals surface area contributed by atoms with Crippen LogP contribution in [0.3, 0.4) is 0 Å². The number of hydrogen-bond acceptors (Lipinski definition) is 4. The molecule has 1 aliphatic rings. The first kappa shape index (κ1) is 12.8. The fourth-order valence-corrected chi connectivity index (χ4v) is 2.06. The maximum absolute atomic E-state index is 12.1. The summed E-state index contributed by atoms with van der Waals surface area (Å²) in [4.78, 5) is 24.5. The normalized spacial score (nSPS) is 19.6. The Hall–Kier alpha value is -1.69. The van der Waals surface area contributed by atoms with Crippen molar-refractivity contribution in [1.29, 1.82) is 0 Å². The third kappa shape index (κ3) is 2.76. The number of aliphatic carboxylic acids is 1. The lowest BCUT2D eigenvalue weighted by Gasteiger charge is -2.30. The van der Waals surface area contributed by atoms with Gasteiger partial charge >= 0.3 is 5.97 Å². The molecule has 1 unspecified atom stereocenters. The minimum absolute atomic E-state index is 0.186. The molecule has 1 fully saturated rings. The Balaban J connectivity index is 2.09. The number of carboxylic acid groups (broad SMARTS) is 1. The molecule has 1 atom stereocenters. The molecule has 1 amide bonds. The van der Waals surface area contributed by atoms with Crippen LogP contribution in [-0.2, 0) is 4.79 Å². The lowest BCUT2D eigenvalue weighted by atomic mass is 9.98. The topological polar surface area (TPSA) is 83.4 Å². The SMILES string of the molecule is O=C(O)C1CCCN(C(=O)c2ccc(Cl)nn2)C1. The summed E-state index contributed by atoms with van der Waals surface area (Å²) in [6, 6.07) is 2.97. The van der Waals surface area contributed by atoms with Crippen LogP contribution in [-0.4, -0.2) is 45.2 Å². The van der Waals surface area contributed by atoms with Gasteiger partial charge in [-0.05, 0) is 25.0 Å². The Morgan fingerprint density at radius 1 is 1.39 bits per heavy atom. The first-order valence-corrected chi connectivity index (χ1v) is 5.97. The molecule has 1 saturated heterocycles. The van der Waals surface area contributed by atoms with Gasteiger partial charge in [0.25, 0.3) is 5.91 Å². The third-order valence-corrected chi connectivity index (χ3v) is 3.11. The number of halogens is 1. The van der Waals surface area contributed by atoms with Gasteiger partial charge < -0.3 is 10.0 Å². The van der Waals surface area contributed by atoms with E-state index >= 15 is 0 Å². The van der Waals surface area contributed by atoms with E-state index < -0.39 is 11.9 Å². The molecule has 1 N–H and O–H groups in total. The first-order valence-electron chi connectivity index (χ1n) is 5.59. The monoisotopic (exact) mass is 269 g/mol. The second-order valence-electron chi connectivity index (χ2n) is 4.17. The van der Waals surface area contributed by atoms with Crippen molar-refractivity contribution in [2.45, 2.75) is 12.8 Å². The average molecular weight is 270 g/mol. The molecule has 1 aromatic rings. The zero-order chi connectivity index (χ0) is 13.1. The highest BCUT2D eigenvalue weighted by atomic mass is 35.5. The molecular formula is C11H12ClN3O3. The van der Waals surface area contributed by atoms with E-state index in [-0.39, 0.29) is 23.3 Å². The fraction of sp³-hybridized carbons (Fsp3) is 0.455. The van der Waals surface area contributed by atoms with Crippen LogP contribution in [0.5, 0.6) is 0 Å². The molecule has 0 spiro atoms. The highest BCUT2D eigenvalue weighted by Gasteiger charge is 2.29. The summed E-state index contributed by atoms with van der Waals surface area (Å²) < 4.78 is 0. The summed E-state index contributed by atoms with van der Waals surface area (Å²) in [6.45, 7) is 0.769. The van der Waals surface area contributed by atoms with Gasteiger partial charge in [0, 0.05) is 13.1 Å². The minimum atomic E-state index is -0.866. The van der Waals surface area contributed by atoms with Crippen molar-refractivity contribution in [3.05, 3.63) is 23.0 Å². The maximum Gasteiger partial charge on any atom is 0.308 e. The molecule has 0 aliphatic carbocycles. The third-order valence-electron chi connectivity index (χ3n) is 2.91. The number of hydrogen-bond donors (Lipinski definition) is 1. The summed E-state index contributed by atoms with van der Waals surface area (Å²) in [6.07, 6.45) is 1.29. The van der Waals surface area contributed by atoms with Gasteiger partial charge in [-0.25, -0.2) is 0 Å². The molecule has 7 heteroatoms. The van der Waals surface area contributed by atoms with Gasteiger partial charge in [-0.3, -0.25) is 9.59 Å². The van der Waals surface area contributed by atoms with Crippen molar-refractivity contribution in [3.8, 4) is 0 Å². The van der Waals surface area contributed by atoms with Gasteiger partial charge in [0.2, 0.25) is 0 Å². The molecule has 0 aromatic carbocycles. The van der Waals surface area contributed by atoms with Crippen LogP contribution in [0, 0.1) is 5.92 Å². The Morgan fingerprint density at radius 3 is 2.78 bits per heavy atom. The van der Waals surface area contributed by atoms with Crippen molar-refractivity contribution < 1.29 is 14.7 Å². The van der Waals surface area contributed by atoms with Crippen molar-refractivity contribution in [3.63, 3.8) is 0 Å². The number of carboxylic acids is 1. The van der Waals surface area contributed by atoms with E-state index in [0.717, 1.165) is 0 Å². The number of nitrogens with zero attached hydrogens (tertiary/aromatic N) is 3. The Kier molecular flexibility index (Phi) is 3.76. The second-order valence-corrected chi connectivity index (χ2v) is 4.56. The quantitative estimate of drug-likeness (QED) is 0.868. The number of aromatic nitrogens is 2. The standard InChI is InChI=1S/C11H12ClN3O3/c12-9-4-3-8(13-14-9)10(16)15-5-1-2-7(6-15)11(17)18/h3-4,7H,1-2,5-6H2,(H,17,18). The minimum Gasteiger partial charge on any atom is -0.481 e. The first-order chi connectivity index (χ1) is 8.58. The van der Waals surface area contributed by atoms with Gasteiger partial charge in [0.05, 0.1) is 5.92 Å². The number of carbonyl (C=O) groups excluding carboxylic acids is 1. The molecule has 1 aliphatic heterocycles. The average Bonchev–Trinajstić information content (AvgIpc) is 2.39. The largest absolute Gasteiger partial charge is 0.481 e. The van der Waals surface area contributed by atoms with Gasteiger partial charge in [-0.2, -0.15) is 0 Å². The van der Waals surface area contributed by atoms with Crippen molar-refractivity contribution in [1.82, 2.24) is 15.1 Å². The van der Waals surface area contributed by atoms with Crippen molar-refractivity contribution in [2.24, 2.45) is 5.92 Å². The van der Waals surface area contributed by atoms with E-state index in [4.69, 9.17) is 16.7 Å². The van der Waals surface area contributed by atoms with Gasteiger partial charge in [-0.15, -0.1) is 10.2 Å². The predicted octanol–water partition coefficient (Wildman–Crippen LogP) is 1.07. The van der Waals surface area contributed by atoms with E-state index in [1.54, 1.807) is 0 Å². The molecule has 2 rings (SSSR count). The van der Waals surface area contributed by atoms with Crippen LogP contribution in [0.2, 0.25) is 5.15 Å². The zero-order valence-electron chi connectivity index (χ0n) is 9.54. The number of carbonyl (C=O) groups is 2. The smallest absolute Gasteiger partial charge is 0.308 e. The van der Waals surface area contributed by atoms with Gasteiger partial charge in [0.1, 0.15) is 0 Å². The Morgan fingerprint density at radius 2 is 2.17 bits per heavy atom. The van der Waals surface area contributed by atoms with Crippen LogP contribution in [0.4, 0.5) is 0 Å².